The minimum absolute atomic E-state index is 0.0597. The fourth-order valence-corrected chi connectivity index (χ4v) is 3.69. The first-order valence-corrected chi connectivity index (χ1v) is 10.4. The van der Waals surface area contributed by atoms with Crippen LogP contribution in [0.3, 0.4) is 0 Å². The van der Waals surface area contributed by atoms with Crippen molar-refractivity contribution >= 4 is 38.9 Å². The van der Waals surface area contributed by atoms with Crippen molar-refractivity contribution in [1.82, 2.24) is 10.4 Å². The third kappa shape index (κ3) is 5.40. The number of sulfonamides is 1. The Kier molecular flexibility index (Phi) is 6.26. The van der Waals surface area contributed by atoms with Crippen molar-refractivity contribution in [2.24, 2.45) is 5.10 Å². The Morgan fingerprint density at radius 3 is 2.55 bits per heavy atom. The van der Waals surface area contributed by atoms with Gasteiger partial charge in [-0.05, 0) is 55.5 Å². The third-order valence-electron chi connectivity index (χ3n) is 3.84. The van der Waals surface area contributed by atoms with Crippen LogP contribution in [0.4, 0.5) is 5.69 Å². The molecule has 0 spiro atoms. The van der Waals surface area contributed by atoms with Gasteiger partial charge in [0.1, 0.15) is 0 Å². The van der Waals surface area contributed by atoms with Crippen LogP contribution in [-0.4, -0.2) is 25.0 Å². The maximum atomic E-state index is 12.6. The van der Waals surface area contributed by atoms with Crippen molar-refractivity contribution in [3.05, 3.63) is 89.2 Å². The Balaban J connectivity index is 1.77. The molecule has 0 aliphatic heterocycles. The van der Waals surface area contributed by atoms with Crippen molar-refractivity contribution in [2.45, 2.75) is 11.8 Å². The van der Waals surface area contributed by atoms with Crippen LogP contribution >= 0.6 is 11.6 Å². The fourth-order valence-electron chi connectivity index (χ4n) is 2.40. The maximum Gasteiger partial charge on any atom is 0.271 e. The van der Waals surface area contributed by atoms with Crippen molar-refractivity contribution in [3.8, 4) is 0 Å². The second-order valence-electron chi connectivity index (χ2n) is 6.00. The standard InChI is InChI=1S/C20H17ClN4O3S/c1-14(19-10-2-3-11-22-19)23-24-20(26)15-6-4-9-18(12-15)29(27,28)25-17-8-5-7-16(21)13-17/h2-13,25H,1H3,(H,24,26). The first kappa shape index (κ1) is 20.5. The molecule has 0 unspecified atom stereocenters. The van der Waals surface area contributed by atoms with Crippen LogP contribution in [0.1, 0.15) is 23.0 Å². The molecule has 0 radical (unpaired) electrons. The minimum Gasteiger partial charge on any atom is -0.280 e. The van der Waals surface area contributed by atoms with E-state index in [0.29, 0.717) is 22.1 Å². The summed E-state index contributed by atoms with van der Waals surface area (Å²) in [5, 5.41) is 4.42. The lowest BCUT2D eigenvalue weighted by atomic mass is 10.2. The molecule has 148 valence electrons. The fraction of sp³-hybridized carbons (Fsp3) is 0.0500. The first-order chi connectivity index (χ1) is 13.8. The third-order valence-corrected chi connectivity index (χ3v) is 5.46. The summed E-state index contributed by atoms with van der Waals surface area (Å²) in [4.78, 5) is 16.5. The second-order valence-corrected chi connectivity index (χ2v) is 8.12. The highest BCUT2D eigenvalue weighted by Gasteiger charge is 2.17. The van der Waals surface area contributed by atoms with Crippen molar-refractivity contribution in [1.29, 1.82) is 0 Å². The van der Waals surface area contributed by atoms with Gasteiger partial charge < -0.3 is 0 Å². The Bertz CT molecular complexity index is 1170. The van der Waals surface area contributed by atoms with E-state index in [2.05, 4.69) is 20.2 Å². The molecule has 0 aliphatic carbocycles. The monoisotopic (exact) mass is 428 g/mol. The molecule has 2 N–H and O–H groups in total. The summed E-state index contributed by atoms with van der Waals surface area (Å²) in [5.74, 6) is -0.542. The molecule has 0 bridgehead atoms. The van der Waals surface area contributed by atoms with Gasteiger partial charge in [-0.2, -0.15) is 5.10 Å². The molecule has 0 saturated carbocycles. The molecule has 3 rings (SSSR count). The molecule has 29 heavy (non-hydrogen) atoms. The zero-order chi connectivity index (χ0) is 20.9. The quantitative estimate of drug-likeness (QED) is 0.461. The number of carbonyl (C=O) groups is 1. The number of pyridine rings is 1. The predicted octanol–water partition coefficient (Wildman–Crippen LogP) is 3.69. The Hall–Kier alpha value is -3.23. The smallest absolute Gasteiger partial charge is 0.271 e. The van der Waals surface area contributed by atoms with Crippen molar-refractivity contribution in [3.63, 3.8) is 0 Å². The molecular formula is C20H17ClN4O3S. The van der Waals surface area contributed by atoms with Crippen molar-refractivity contribution < 1.29 is 13.2 Å². The number of amides is 1. The van der Waals surface area contributed by atoms with Gasteiger partial charge in [0, 0.05) is 16.8 Å². The normalized spacial score (nSPS) is 11.7. The molecule has 0 atom stereocenters. The van der Waals surface area contributed by atoms with E-state index in [1.54, 1.807) is 43.5 Å². The highest BCUT2D eigenvalue weighted by Crippen LogP contribution is 2.20. The van der Waals surface area contributed by atoms with Crippen LogP contribution in [0.5, 0.6) is 0 Å². The van der Waals surface area contributed by atoms with Gasteiger partial charge in [-0.3, -0.25) is 14.5 Å². The maximum absolute atomic E-state index is 12.6. The van der Waals surface area contributed by atoms with E-state index in [1.807, 2.05) is 6.07 Å². The van der Waals surface area contributed by atoms with Gasteiger partial charge in [0.2, 0.25) is 0 Å². The lowest BCUT2D eigenvalue weighted by Crippen LogP contribution is -2.20. The minimum atomic E-state index is -3.89. The summed E-state index contributed by atoms with van der Waals surface area (Å²) < 4.78 is 27.7. The van der Waals surface area contributed by atoms with E-state index >= 15 is 0 Å². The zero-order valence-electron chi connectivity index (χ0n) is 15.3. The topological polar surface area (TPSA) is 101 Å². The van der Waals surface area contributed by atoms with Gasteiger partial charge in [-0.25, -0.2) is 13.8 Å². The molecule has 7 nitrogen and oxygen atoms in total. The number of carbonyl (C=O) groups excluding carboxylic acids is 1. The molecule has 3 aromatic rings. The number of anilines is 1. The number of hydrogen-bond acceptors (Lipinski definition) is 5. The Labute approximate surface area is 173 Å². The Morgan fingerprint density at radius 2 is 1.83 bits per heavy atom. The van der Waals surface area contributed by atoms with E-state index in [-0.39, 0.29) is 10.5 Å². The highest BCUT2D eigenvalue weighted by atomic mass is 35.5. The van der Waals surface area contributed by atoms with E-state index < -0.39 is 15.9 Å². The molecule has 0 saturated heterocycles. The molecule has 0 fully saturated rings. The van der Waals surface area contributed by atoms with Crippen molar-refractivity contribution in [2.75, 3.05) is 4.72 Å². The van der Waals surface area contributed by atoms with E-state index in [1.165, 1.54) is 30.3 Å². The lowest BCUT2D eigenvalue weighted by Gasteiger charge is -2.09. The molecule has 0 aliphatic rings. The van der Waals surface area contributed by atoms with E-state index in [4.69, 9.17) is 11.6 Å². The number of rotatable bonds is 6. The van der Waals surface area contributed by atoms with Crippen LogP contribution in [0, 0.1) is 0 Å². The predicted molar refractivity (Wildman–Crippen MR) is 113 cm³/mol. The Morgan fingerprint density at radius 1 is 1.03 bits per heavy atom. The van der Waals surface area contributed by atoms with E-state index in [9.17, 15) is 13.2 Å². The number of hydrazone groups is 1. The second kappa shape index (κ2) is 8.85. The summed E-state index contributed by atoms with van der Waals surface area (Å²) in [6.45, 7) is 1.71. The van der Waals surface area contributed by atoms with Gasteiger partial charge in [-0.1, -0.05) is 29.8 Å². The summed E-state index contributed by atoms with van der Waals surface area (Å²) in [5.41, 5.74) is 4.02. The van der Waals surface area contributed by atoms with Crippen LogP contribution in [0.15, 0.2) is 82.9 Å². The molecule has 9 heteroatoms. The summed E-state index contributed by atoms with van der Waals surface area (Å²) >= 11 is 5.89. The molecule has 1 aromatic heterocycles. The highest BCUT2D eigenvalue weighted by molar-refractivity contribution is 7.92. The number of benzene rings is 2. The van der Waals surface area contributed by atoms with Gasteiger partial charge in [0.05, 0.1) is 22.0 Å². The summed E-state index contributed by atoms with van der Waals surface area (Å²) in [6, 6.07) is 17.3. The SMILES string of the molecule is CC(=NNC(=O)c1cccc(S(=O)(=O)Nc2cccc(Cl)c2)c1)c1ccccn1. The number of hydrogen-bond donors (Lipinski definition) is 2. The molecular weight excluding hydrogens is 412 g/mol. The van der Waals surface area contributed by atoms with Crippen LogP contribution < -0.4 is 10.1 Å². The number of halogens is 1. The average molecular weight is 429 g/mol. The van der Waals surface area contributed by atoms with Gasteiger partial charge in [-0.15, -0.1) is 0 Å². The average Bonchev–Trinajstić information content (AvgIpc) is 2.72. The number of aromatic nitrogens is 1. The van der Waals surface area contributed by atoms with Gasteiger partial charge in [0.15, 0.2) is 0 Å². The van der Waals surface area contributed by atoms with Gasteiger partial charge in [0.25, 0.3) is 15.9 Å². The number of nitrogens with zero attached hydrogens (tertiary/aromatic N) is 2. The number of nitrogens with one attached hydrogen (secondary N) is 2. The summed E-state index contributed by atoms with van der Waals surface area (Å²) in [7, 11) is -3.89. The molecule has 2 aromatic carbocycles. The largest absolute Gasteiger partial charge is 0.280 e. The summed E-state index contributed by atoms with van der Waals surface area (Å²) in [6.07, 6.45) is 1.62. The van der Waals surface area contributed by atoms with Gasteiger partial charge >= 0.3 is 0 Å². The van der Waals surface area contributed by atoms with Crippen LogP contribution in [0.2, 0.25) is 5.02 Å². The van der Waals surface area contributed by atoms with Crippen LogP contribution in [-0.2, 0) is 10.0 Å². The van der Waals surface area contributed by atoms with E-state index in [0.717, 1.165) is 0 Å². The molecule has 1 heterocycles. The zero-order valence-corrected chi connectivity index (χ0v) is 16.9. The lowest BCUT2D eigenvalue weighted by molar-refractivity contribution is 0.0954. The van der Waals surface area contributed by atoms with Crippen LogP contribution in [0.25, 0.3) is 0 Å². The first-order valence-electron chi connectivity index (χ1n) is 8.50. The molecule has 1 amide bonds.